The molecule has 0 aliphatic carbocycles. The molecule has 3 aromatic rings. The molecule has 8 nitrogen and oxygen atoms in total. The lowest BCUT2D eigenvalue weighted by Crippen LogP contribution is -2.35. The predicted octanol–water partition coefficient (Wildman–Crippen LogP) is 2.85. The number of fused-ring (bicyclic) bond motifs is 1. The van der Waals surface area contributed by atoms with Crippen molar-refractivity contribution in [2.45, 2.75) is 53.1 Å². The molecule has 2 amide bonds. The molecule has 0 aromatic carbocycles. The number of carbonyl (C=O) groups is 2. The summed E-state index contributed by atoms with van der Waals surface area (Å²) in [5.74, 6) is -0.992. The zero-order chi connectivity index (χ0) is 22.5. The van der Waals surface area contributed by atoms with Crippen LogP contribution in [0.4, 0.5) is 0 Å². The van der Waals surface area contributed by atoms with Crippen LogP contribution in [-0.2, 0) is 6.54 Å². The first kappa shape index (κ1) is 22.3. The van der Waals surface area contributed by atoms with Crippen molar-refractivity contribution in [1.82, 2.24) is 24.6 Å². The van der Waals surface area contributed by atoms with Gasteiger partial charge < -0.3 is 19.6 Å². The van der Waals surface area contributed by atoms with E-state index in [4.69, 9.17) is 0 Å². The number of imidazole rings is 1. The summed E-state index contributed by atoms with van der Waals surface area (Å²) >= 11 is 0. The largest absolute Gasteiger partial charge is 0.352 e. The fourth-order valence-corrected chi connectivity index (χ4v) is 3.18. The van der Waals surface area contributed by atoms with E-state index >= 15 is 0 Å². The normalized spacial score (nSPS) is 11.1. The minimum atomic E-state index is -0.575. The van der Waals surface area contributed by atoms with Crippen LogP contribution in [0.2, 0.25) is 0 Å². The molecular formula is C23H29N5O3. The molecule has 3 heterocycles. The summed E-state index contributed by atoms with van der Waals surface area (Å²) in [7, 11) is 0. The third-order valence-corrected chi connectivity index (χ3v) is 5.04. The van der Waals surface area contributed by atoms with E-state index in [0.717, 1.165) is 24.1 Å². The number of rotatable bonds is 8. The summed E-state index contributed by atoms with van der Waals surface area (Å²) in [6.07, 6.45) is 8.50. The molecule has 3 aromatic heterocycles. The number of carbonyl (C=O) groups excluding carboxylic acids is 2. The van der Waals surface area contributed by atoms with Gasteiger partial charge in [-0.3, -0.25) is 14.4 Å². The number of aryl methyl sites for hydroxylation is 1. The highest BCUT2D eigenvalue weighted by molar-refractivity contribution is 5.99. The molecule has 0 fully saturated rings. The maximum atomic E-state index is 12.9. The molecule has 0 radical (unpaired) electrons. The van der Waals surface area contributed by atoms with E-state index in [1.165, 1.54) is 12.4 Å². The van der Waals surface area contributed by atoms with Crippen LogP contribution in [-0.4, -0.2) is 32.3 Å². The smallest absolute Gasteiger partial charge is 0.257 e. The Kier molecular flexibility index (Phi) is 6.89. The Morgan fingerprint density at radius 1 is 1.10 bits per heavy atom. The van der Waals surface area contributed by atoms with E-state index in [2.05, 4.69) is 15.6 Å². The van der Waals surface area contributed by atoms with Crippen LogP contribution >= 0.6 is 0 Å². The van der Waals surface area contributed by atoms with Crippen molar-refractivity contribution in [1.29, 1.82) is 0 Å². The Bertz CT molecular complexity index is 1160. The summed E-state index contributed by atoms with van der Waals surface area (Å²) in [5.41, 5.74) is 1.90. The fraction of sp³-hybridized carbons (Fsp3) is 0.391. The molecule has 0 unspecified atom stereocenters. The Balaban J connectivity index is 1.82. The average Bonchev–Trinajstić information content (AvgIpc) is 3.14. The Morgan fingerprint density at radius 3 is 2.42 bits per heavy atom. The van der Waals surface area contributed by atoms with Gasteiger partial charge in [0.05, 0.1) is 12.2 Å². The molecule has 164 valence electrons. The van der Waals surface area contributed by atoms with E-state index in [1.54, 1.807) is 4.57 Å². The van der Waals surface area contributed by atoms with Crippen LogP contribution in [0.5, 0.6) is 0 Å². The quantitative estimate of drug-likeness (QED) is 0.545. The number of amides is 2. The molecule has 0 saturated heterocycles. The number of hydrogen-bond acceptors (Lipinski definition) is 4. The number of aromatic nitrogens is 3. The summed E-state index contributed by atoms with van der Waals surface area (Å²) in [6, 6.07) is 3.91. The van der Waals surface area contributed by atoms with Crippen LogP contribution in [0, 0.1) is 6.92 Å². The minimum Gasteiger partial charge on any atom is -0.352 e. The average molecular weight is 424 g/mol. The van der Waals surface area contributed by atoms with Gasteiger partial charge in [-0.05, 0) is 44.9 Å². The molecule has 8 heteroatoms. The minimum absolute atomic E-state index is 0.0176. The molecule has 0 spiro atoms. The molecule has 0 aliphatic heterocycles. The van der Waals surface area contributed by atoms with E-state index in [0.29, 0.717) is 12.2 Å². The van der Waals surface area contributed by atoms with Crippen LogP contribution in [0.3, 0.4) is 0 Å². The van der Waals surface area contributed by atoms with Gasteiger partial charge in [-0.1, -0.05) is 13.3 Å². The van der Waals surface area contributed by atoms with Crippen LogP contribution < -0.4 is 16.1 Å². The first-order chi connectivity index (χ1) is 14.8. The highest BCUT2D eigenvalue weighted by Gasteiger charge is 2.20. The van der Waals surface area contributed by atoms with Gasteiger partial charge >= 0.3 is 0 Å². The van der Waals surface area contributed by atoms with Crippen molar-refractivity contribution in [3.63, 3.8) is 0 Å². The summed E-state index contributed by atoms with van der Waals surface area (Å²) in [6.45, 7) is 8.51. The molecule has 2 N–H and O–H groups in total. The lowest BCUT2D eigenvalue weighted by Gasteiger charge is -2.15. The van der Waals surface area contributed by atoms with Crippen molar-refractivity contribution in [2.75, 3.05) is 6.54 Å². The molecular weight excluding hydrogens is 394 g/mol. The fourth-order valence-electron chi connectivity index (χ4n) is 3.18. The summed E-state index contributed by atoms with van der Waals surface area (Å²) in [4.78, 5) is 42.7. The number of nitrogens with zero attached hydrogens (tertiary/aromatic N) is 3. The zero-order valence-corrected chi connectivity index (χ0v) is 18.4. The van der Waals surface area contributed by atoms with E-state index in [-0.39, 0.29) is 23.7 Å². The van der Waals surface area contributed by atoms with E-state index in [9.17, 15) is 14.4 Å². The summed E-state index contributed by atoms with van der Waals surface area (Å²) < 4.78 is 3.58. The zero-order valence-electron chi connectivity index (χ0n) is 18.4. The lowest BCUT2D eigenvalue weighted by atomic mass is 10.1. The Morgan fingerprint density at radius 2 is 1.77 bits per heavy atom. The first-order valence-electron chi connectivity index (χ1n) is 10.6. The predicted molar refractivity (Wildman–Crippen MR) is 119 cm³/mol. The topological polar surface area (TPSA) is 97.5 Å². The highest BCUT2D eigenvalue weighted by atomic mass is 16.2. The van der Waals surface area contributed by atoms with Crippen molar-refractivity contribution < 1.29 is 9.59 Å². The van der Waals surface area contributed by atoms with Crippen LogP contribution in [0.15, 0.2) is 41.7 Å². The van der Waals surface area contributed by atoms with Gasteiger partial charge in [0.1, 0.15) is 16.8 Å². The van der Waals surface area contributed by atoms with Gasteiger partial charge in [0.15, 0.2) is 0 Å². The van der Waals surface area contributed by atoms with Gasteiger partial charge in [0.25, 0.3) is 11.8 Å². The van der Waals surface area contributed by atoms with Gasteiger partial charge in [-0.2, -0.15) is 0 Å². The van der Waals surface area contributed by atoms with Crippen molar-refractivity contribution >= 4 is 17.5 Å². The summed E-state index contributed by atoms with van der Waals surface area (Å²) in [5, 5.41) is 5.51. The first-order valence-corrected chi connectivity index (χ1v) is 10.6. The van der Waals surface area contributed by atoms with E-state index in [1.807, 2.05) is 56.6 Å². The third kappa shape index (κ3) is 5.20. The molecule has 31 heavy (non-hydrogen) atoms. The molecule has 3 rings (SSSR count). The second kappa shape index (κ2) is 9.59. The van der Waals surface area contributed by atoms with Crippen LogP contribution in [0.1, 0.15) is 71.6 Å². The van der Waals surface area contributed by atoms with Crippen LogP contribution in [0.25, 0.3) is 5.65 Å². The van der Waals surface area contributed by atoms with Crippen molar-refractivity contribution in [2.24, 2.45) is 0 Å². The van der Waals surface area contributed by atoms with Gasteiger partial charge in [0, 0.05) is 37.4 Å². The second-order valence-corrected chi connectivity index (χ2v) is 7.95. The van der Waals surface area contributed by atoms with Gasteiger partial charge in [-0.25, -0.2) is 4.98 Å². The Hall–Kier alpha value is -3.42. The third-order valence-electron chi connectivity index (χ3n) is 5.04. The van der Waals surface area contributed by atoms with Gasteiger partial charge in [0.2, 0.25) is 5.43 Å². The molecule has 0 saturated carbocycles. The molecule has 0 aliphatic rings. The second-order valence-electron chi connectivity index (χ2n) is 7.95. The standard InChI is InChI=1S/C23H29N5O3/c1-5-6-8-24-22(30)18-13-28(15(2)3)14-19(21(18)29)23(31)25-11-17-12-27-9-7-16(4)10-20(27)26-17/h7,9-10,12-15H,5-6,8,11H2,1-4H3,(H,24,30)(H,25,31). The maximum Gasteiger partial charge on any atom is 0.257 e. The number of unbranched alkanes of at least 4 members (excludes halogenated alkanes) is 1. The molecule has 0 bridgehead atoms. The Labute approximate surface area is 181 Å². The number of pyridine rings is 2. The number of nitrogens with one attached hydrogen (secondary N) is 2. The van der Waals surface area contributed by atoms with Gasteiger partial charge in [-0.15, -0.1) is 0 Å². The monoisotopic (exact) mass is 423 g/mol. The van der Waals surface area contributed by atoms with Crippen molar-refractivity contribution in [3.05, 3.63) is 69.5 Å². The van der Waals surface area contributed by atoms with E-state index < -0.39 is 17.2 Å². The number of hydrogen-bond donors (Lipinski definition) is 2. The maximum absolute atomic E-state index is 12.9. The molecule has 0 atom stereocenters. The lowest BCUT2D eigenvalue weighted by molar-refractivity contribution is 0.0948. The SMILES string of the molecule is CCCCNC(=O)c1cn(C(C)C)cc(C(=O)NCc2cn3ccc(C)cc3n2)c1=O. The highest BCUT2D eigenvalue weighted by Crippen LogP contribution is 2.09. The van der Waals surface area contributed by atoms with Crippen molar-refractivity contribution in [3.8, 4) is 0 Å².